The molecular formula is C22H28ClNaO6. The summed E-state index contributed by atoms with van der Waals surface area (Å²) in [5.41, 5.74) is 0. The van der Waals surface area contributed by atoms with Crippen molar-refractivity contribution in [1.82, 2.24) is 0 Å². The Bertz CT molecular complexity index is 711. The van der Waals surface area contributed by atoms with E-state index in [1.807, 2.05) is 12.2 Å². The Morgan fingerprint density at radius 1 is 1.30 bits per heavy atom. The molecule has 0 saturated heterocycles. The van der Waals surface area contributed by atoms with Gasteiger partial charge in [0, 0.05) is 23.3 Å². The van der Waals surface area contributed by atoms with Gasteiger partial charge in [0.2, 0.25) is 0 Å². The minimum Gasteiger partial charge on any atom is -0.550 e. The fraction of sp³-hybridized carbons (Fsp3) is 0.500. The number of hydrogen-bond acceptors (Lipinski definition) is 6. The minimum absolute atomic E-state index is 0. The Hall–Kier alpha value is -0.860. The van der Waals surface area contributed by atoms with Gasteiger partial charge in [-0.05, 0) is 49.8 Å². The maximum Gasteiger partial charge on any atom is 1.00 e. The van der Waals surface area contributed by atoms with Crippen LogP contribution in [-0.2, 0) is 4.79 Å². The molecule has 0 spiro atoms. The molecule has 160 valence electrons. The van der Waals surface area contributed by atoms with Crippen molar-refractivity contribution in [3.05, 3.63) is 53.6 Å². The van der Waals surface area contributed by atoms with Crippen molar-refractivity contribution in [2.24, 2.45) is 11.8 Å². The number of carboxylic acids is 1. The first-order valence-corrected chi connectivity index (χ1v) is 10.2. The normalized spacial score (nSPS) is 24.8. The number of carbonyl (C=O) groups is 1. The smallest absolute Gasteiger partial charge is 0.550 e. The van der Waals surface area contributed by atoms with Gasteiger partial charge in [-0.3, -0.25) is 0 Å². The van der Waals surface area contributed by atoms with Gasteiger partial charge in [-0.1, -0.05) is 42.0 Å². The molecule has 1 aromatic rings. The summed E-state index contributed by atoms with van der Waals surface area (Å²) in [5.74, 6) is -0.947. The third kappa shape index (κ3) is 9.52. The third-order valence-corrected chi connectivity index (χ3v) is 5.25. The molecule has 0 heterocycles. The minimum atomic E-state index is -1.06. The van der Waals surface area contributed by atoms with Crippen LogP contribution in [0.2, 0.25) is 5.02 Å². The van der Waals surface area contributed by atoms with Gasteiger partial charge in [-0.15, -0.1) is 0 Å². The van der Waals surface area contributed by atoms with E-state index in [0.29, 0.717) is 30.0 Å². The summed E-state index contributed by atoms with van der Waals surface area (Å²) in [7, 11) is 0. The molecule has 6 nitrogen and oxygen atoms in total. The molecule has 5 atom stereocenters. The maximum absolute atomic E-state index is 10.4. The van der Waals surface area contributed by atoms with E-state index in [9.17, 15) is 25.2 Å². The van der Waals surface area contributed by atoms with Crippen LogP contribution in [0.15, 0.2) is 48.6 Å². The Balaban J connectivity index is 0.00000450. The van der Waals surface area contributed by atoms with Crippen LogP contribution in [0.25, 0.3) is 0 Å². The first-order valence-electron chi connectivity index (χ1n) is 9.82. The largest absolute Gasteiger partial charge is 1.00 e. The number of aliphatic hydroxyl groups is 3. The van der Waals surface area contributed by atoms with Crippen LogP contribution in [0, 0.1) is 11.8 Å². The number of ether oxygens (including phenoxy) is 1. The SMILES string of the molecule is O=C([O-])CCCC=CC[C@@H]1C(C=C[C@@H](O)COc2cccc(Cl)c2)[C@H](O)C[C@@H]1O.[Na+]. The Morgan fingerprint density at radius 3 is 2.77 bits per heavy atom. The summed E-state index contributed by atoms with van der Waals surface area (Å²) in [6.45, 7) is 0.0468. The van der Waals surface area contributed by atoms with Gasteiger partial charge in [0.1, 0.15) is 18.5 Å². The van der Waals surface area contributed by atoms with Crippen molar-refractivity contribution in [3.8, 4) is 5.75 Å². The van der Waals surface area contributed by atoms with Gasteiger partial charge >= 0.3 is 29.6 Å². The van der Waals surface area contributed by atoms with Crippen LogP contribution in [0.4, 0.5) is 0 Å². The van der Waals surface area contributed by atoms with E-state index < -0.39 is 24.3 Å². The predicted octanol–water partition coefficient (Wildman–Crippen LogP) is -1.14. The van der Waals surface area contributed by atoms with Crippen molar-refractivity contribution in [1.29, 1.82) is 0 Å². The zero-order valence-electron chi connectivity index (χ0n) is 17.2. The summed E-state index contributed by atoms with van der Waals surface area (Å²) in [6.07, 6.45) is 6.93. The second kappa shape index (κ2) is 14.2. The topological polar surface area (TPSA) is 110 Å². The summed E-state index contributed by atoms with van der Waals surface area (Å²) in [5, 5.41) is 41.6. The molecule has 1 aliphatic rings. The van der Waals surface area contributed by atoms with Crippen LogP contribution in [0.1, 0.15) is 32.1 Å². The fourth-order valence-corrected chi connectivity index (χ4v) is 3.67. The van der Waals surface area contributed by atoms with Crippen LogP contribution in [-0.4, -0.2) is 46.2 Å². The molecule has 2 rings (SSSR count). The quantitative estimate of drug-likeness (QED) is 0.225. The summed E-state index contributed by atoms with van der Waals surface area (Å²) in [6, 6.07) is 6.89. The molecule has 3 N–H and O–H groups in total. The van der Waals surface area contributed by atoms with E-state index in [4.69, 9.17) is 16.3 Å². The van der Waals surface area contributed by atoms with Gasteiger partial charge < -0.3 is 30.0 Å². The zero-order chi connectivity index (χ0) is 21.2. The van der Waals surface area contributed by atoms with Crippen molar-refractivity contribution < 1.29 is 59.5 Å². The maximum atomic E-state index is 10.4. The molecule has 1 aromatic carbocycles. The molecule has 1 saturated carbocycles. The Morgan fingerprint density at radius 2 is 2.07 bits per heavy atom. The molecule has 0 bridgehead atoms. The summed E-state index contributed by atoms with van der Waals surface area (Å²) >= 11 is 5.89. The van der Waals surface area contributed by atoms with Crippen molar-refractivity contribution >= 4 is 17.6 Å². The Kier molecular flexibility index (Phi) is 12.9. The van der Waals surface area contributed by atoms with E-state index in [0.717, 1.165) is 0 Å². The number of halogens is 1. The van der Waals surface area contributed by atoms with Crippen LogP contribution in [0.3, 0.4) is 0 Å². The number of allylic oxidation sites excluding steroid dienone is 2. The average molecular weight is 447 g/mol. The zero-order valence-corrected chi connectivity index (χ0v) is 19.9. The molecule has 0 aliphatic heterocycles. The number of unbranched alkanes of at least 4 members (excludes halogenated alkanes) is 1. The average Bonchev–Trinajstić information content (AvgIpc) is 2.93. The summed E-state index contributed by atoms with van der Waals surface area (Å²) < 4.78 is 5.50. The number of hydrogen-bond donors (Lipinski definition) is 3. The van der Waals surface area contributed by atoms with E-state index in [1.165, 1.54) is 0 Å². The van der Waals surface area contributed by atoms with E-state index in [1.54, 1.807) is 36.4 Å². The summed E-state index contributed by atoms with van der Waals surface area (Å²) in [4.78, 5) is 10.4. The second-order valence-corrected chi connectivity index (χ2v) is 7.74. The monoisotopic (exact) mass is 446 g/mol. The number of benzene rings is 1. The number of aliphatic carboxylic acids is 1. The predicted molar refractivity (Wildman–Crippen MR) is 108 cm³/mol. The van der Waals surface area contributed by atoms with Gasteiger partial charge in [0.05, 0.1) is 12.2 Å². The van der Waals surface area contributed by atoms with Crippen molar-refractivity contribution in [3.63, 3.8) is 0 Å². The van der Waals surface area contributed by atoms with E-state index in [2.05, 4.69) is 0 Å². The van der Waals surface area contributed by atoms with Gasteiger partial charge in [-0.25, -0.2) is 0 Å². The number of aliphatic hydroxyl groups excluding tert-OH is 3. The molecular weight excluding hydrogens is 419 g/mol. The van der Waals surface area contributed by atoms with Crippen LogP contribution < -0.4 is 39.4 Å². The second-order valence-electron chi connectivity index (χ2n) is 7.30. The van der Waals surface area contributed by atoms with Gasteiger partial charge in [0.25, 0.3) is 0 Å². The van der Waals surface area contributed by atoms with Crippen molar-refractivity contribution in [2.45, 2.75) is 50.4 Å². The van der Waals surface area contributed by atoms with Crippen LogP contribution in [0.5, 0.6) is 5.75 Å². The molecule has 30 heavy (non-hydrogen) atoms. The molecule has 0 aromatic heterocycles. The van der Waals surface area contributed by atoms with E-state index >= 15 is 0 Å². The molecule has 8 heteroatoms. The van der Waals surface area contributed by atoms with E-state index in [-0.39, 0.29) is 60.8 Å². The first-order chi connectivity index (χ1) is 13.9. The fourth-order valence-electron chi connectivity index (χ4n) is 3.49. The van der Waals surface area contributed by atoms with Crippen LogP contribution >= 0.6 is 11.6 Å². The Labute approximate surface area is 204 Å². The molecule has 1 aliphatic carbocycles. The molecule has 1 unspecified atom stereocenters. The number of carbonyl (C=O) groups excluding carboxylic acids is 1. The number of rotatable bonds is 11. The first kappa shape index (κ1) is 27.2. The third-order valence-electron chi connectivity index (χ3n) is 5.01. The van der Waals surface area contributed by atoms with Gasteiger partial charge in [-0.2, -0.15) is 0 Å². The van der Waals surface area contributed by atoms with Gasteiger partial charge in [0.15, 0.2) is 0 Å². The number of carboxylic acid groups (broad SMARTS) is 1. The molecule has 1 fully saturated rings. The molecule has 0 amide bonds. The molecule has 0 radical (unpaired) electrons. The van der Waals surface area contributed by atoms with Crippen molar-refractivity contribution in [2.75, 3.05) is 6.61 Å². The standard InChI is InChI=1S/C22H29ClO6.Na/c23-15-6-5-7-17(12-15)29-14-16(24)10-11-19-18(20(25)13-21(19)26)8-3-1-2-4-9-22(27)28;/h1,3,5-7,10-12,16,18-21,24-26H,2,4,8-9,13-14H2,(H,27,28);/q;+1/p-1/t16-,18-,19?,20+,21-;/m1./s1.